The van der Waals surface area contributed by atoms with Crippen molar-refractivity contribution in [1.82, 2.24) is 0 Å². The molecule has 2 aromatic carbocycles. The van der Waals surface area contributed by atoms with Crippen molar-refractivity contribution in [3.63, 3.8) is 0 Å². The molecule has 6 atom stereocenters. The number of phenols is 4. The number of aliphatic hydroxyl groups excluding tert-OH is 2. The molecule has 262 valence electrons. The lowest BCUT2D eigenvalue weighted by atomic mass is 10.00. The molecular formula is C37H41ClO11. The molecule has 0 spiro atoms. The van der Waals surface area contributed by atoms with E-state index in [0.29, 0.717) is 36.7 Å². The van der Waals surface area contributed by atoms with Gasteiger partial charge < -0.3 is 40.1 Å². The number of carbonyl (C=O) groups excluding carboxylic acids is 3. The maximum Gasteiger partial charge on any atom is 0.342 e. The highest BCUT2D eigenvalue weighted by molar-refractivity contribution is 6.33. The van der Waals surface area contributed by atoms with Crippen molar-refractivity contribution in [2.24, 2.45) is 11.8 Å². The summed E-state index contributed by atoms with van der Waals surface area (Å²) in [5, 5.41) is 59.1. The van der Waals surface area contributed by atoms with E-state index in [-0.39, 0.29) is 51.5 Å². The number of aliphatic hydroxyl groups is 2. The van der Waals surface area contributed by atoms with Gasteiger partial charge in [-0.3, -0.25) is 4.79 Å². The highest BCUT2D eigenvalue weighted by Gasteiger charge is 2.37. The molecule has 0 unspecified atom stereocenters. The van der Waals surface area contributed by atoms with Crippen molar-refractivity contribution in [1.29, 1.82) is 0 Å². The summed E-state index contributed by atoms with van der Waals surface area (Å²) in [4.78, 5) is 37.0. The molecular weight excluding hydrogens is 656 g/mol. The normalized spacial score (nSPS) is 28.6. The molecule has 11 nitrogen and oxygen atoms in total. The average Bonchev–Trinajstić information content (AvgIpc) is 3.75. The van der Waals surface area contributed by atoms with Gasteiger partial charge in [0.2, 0.25) is 0 Å². The largest absolute Gasteiger partial charge is 0.508 e. The summed E-state index contributed by atoms with van der Waals surface area (Å²) in [6.45, 7) is 3.48. The summed E-state index contributed by atoms with van der Waals surface area (Å²) in [6, 6.07) is 3.42. The highest BCUT2D eigenvalue weighted by atomic mass is 35.5. The second kappa shape index (κ2) is 16.7. The third-order valence-electron chi connectivity index (χ3n) is 8.32. The molecule has 2 aromatic rings. The number of fused-ring (bicyclic) bond motifs is 3. The minimum atomic E-state index is -0.982. The average molecular weight is 697 g/mol. The molecule has 0 saturated heterocycles. The highest BCUT2D eigenvalue weighted by Crippen LogP contribution is 2.44. The number of hydrogen-bond donors (Lipinski definition) is 6. The first-order chi connectivity index (χ1) is 23.2. The van der Waals surface area contributed by atoms with Crippen LogP contribution in [0.4, 0.5) is 0 Å². The van der Waals surface area contributed by atoms with E-state index in [1.165, 1.54) is 18.2 Å². The summed E-state index contributed by atoms with van der Waals surface area (Å²) >= 11 is 6.07. The van der Waals surface area contributed by atoms with E-state index in [9.17, 15) is 45.0 Å². The number of cyclic esters (lactones) is 2. The smallest absolute Gasteiger partial charge is 0.342 e. The first-order valence-electron chi connectivity index (χ1n) is 16.0. The van der Waals surface area contributed by atoms with Gasteiger partial charge in [0.25, 0.3) is 0 Å². The maximum atomic E-state index is 12.5. The van der Waals surface area contributed by atoms with E-state index in [0.717, 1.165) is 25.0 Å². The number of ketones is 1. The molecule has 1 fully saturated rings. The number of rotatable bonds is 0. The number of halogens is 1. The van der Waals surface area contributed by atoms with Crippen LogP contribution in [-0.2, 0) is 20.7 Å². The molecule has 2 aliphatic heterocycles. The van der Waals surface area contributed by atoms with Gasteiger partial charge in [-0.25, -0.2) is 9.59 Å². The van der Waals surface area contributed by atoms with Crippen molar-refractivity contribution in [3.05, 3.63) is 88.0 Å². The fraction of sp³-hybridized carbons (Fsp3) is 0.378. The minimum Gasteiger partial charge on any atom is -0.508 e. The van der Waals surface area contributed by atoms with Crippen molar-refractivity contribution in [3.8, 4) is 23.0 Å². The van der Waals surface area contributed by atoms with Gasteiger partial charge in [-0.1, -0.05) is 54.1 Å². The van der Waals surface area contributed by atoms with Crippen molar-refractivity contribution in [2.45, 2.75) is 76.8 Å². The molecule has 5 rings (SSSR count). The van der Waals surface area contributed by atoms with Gasteiger partial charge in [0, 0.05) is 30.5 Å². The number of esters is 2. The molecule has 49 heavy (non-hydrogen) atoms. The van der Waals surface area contributed by atoms with Crippen LogP contribution in [0.5, 0.6) is 23.0 Å². The number of benzene rings is 2. The van der Waals surface area contributed by atoms with Gasteiger partial charge in [0.05, 0.1) is 23.3 Å². The lowest BCUT2D eigenvalue weighted by Gasteiger charge is -2.17. The van der Waals surface area contributed by atoms with Gasteiger partial charge in [0.1, 0.15) is 40.2 Å². The number of hydrogen-bond acceptors (Lipinski definition) is 11. The van der Waals surface area contributed by atoms with Crippen LogP contribution in [0.25, 0.3) is 6.08 Å². The fourth-order valence-electron chi connectivity index (χ4n) is 5.64. The summed E-state index contributed by atoms with van der Waals surface area (Å²) in [7, 11) is 0. The Morgan fingerprint density at radius 3 is 2.22 bits per heavy atom. The Morgan fingerprint density at radius 1 is 0.776 bits per heavy atom. The zero-order chi connectivity index (χ0) is 35.8. The third-order valence-corrected chi connectivity index (χ3v) is 8.74. The van der Waals surface area contributed by atoms with Crippen LogP contribution in [0.2, 0.25) is 5.02 Å². The number of phenolic OH excluding ortho intramolecular Hbond substituents is 4. The van der Waals surface area contributed by atoms with E-state index in [1.807, 2.05) is 12.2 Å². The minimum absolute atomic E-state index is 0.0162. The molecule has 6 N–H and O–H groups in total. The lowest BCUT2D eigenvalue weighted by Crippen LogP contribution is -2.23. The zero-order valence-corrected chi connectivity index (χ0v) is 27.9. The maximum absolute atomic E-state index is 12.5. The molecule has 12 heteroatoms. The standard InChI is InChI=1S/C19H19ClO5.C18H22O6/c1-10-6-12-7-11(12)4-2-3-5-13(21)8-14-17(19(24)25-10)15(22)9-16(23)18(14)20;1-11-5-4-8-15(21)14(20)7-3-2-6-12-9-13(19)10-16(22)17(12)18(23)24-11/h2-5,9-12,22-23H,6-8H2,1H3;2,4,6,8-11,14-15,19-22H,3,5,7H2,1H3/b4-2-,5-3+;6-2+,8-4+/t10-,11+,12+;11-,14-,15+/m10/s1. The van der Waals surface area contributed by atoms with Gasteiger partial charge in [-0.05, 0) is 69.1 Å². The second-order valence-electron chi connectivity index (χ2n) is 12.4. The number of allylic oxidation sites excluding steroid dienone is 5. The predicted octanol–water partition coefficient (Wildman–Crippen LogP) is 5.68. The van der Waals surface area contributed by atoms with Gasteiger partial charge in [0.15, 0.2) is 5.78 Å². The molecule has 1 aliphatic carbocycles. The van der Waals surface area contributed by atoms with Crippen LogP contribution in [-0.4, -0.2) is 72.8 Å². The van der Waals surface area contributed by atoms with E-state index >= 15 is 0 Å². The Balaban J connectivity index is 0.000000221. The summed E-state index contributed by atoms with van der Waals surface area (Å²) in [6.07, 6.45) is 13.3. The Kier molecular flexibility index (Phi) is 12.7. The monoisotopic (exact) mass is 696 g/mol. The summed E-state index contributed by atoms with van der Waals surface area (Å²) < 4.78 is 10.7. The topological polar surface area (TPSA) is 191 Å². The molecule has 1 saturated carbocycles. The molecule has 0 aromatic heterocycles. The first kappa shape index (κ1) is 37.2. The van der Waals surface area contributed by atoms with Crippen LogP contribution in [0.15, 0.2) is 60.7 Å². The van der Waals surface area contributed by atoms with E-state index < -0.39 is 41.7 Å². The first-order valence-corrected chi connectivity index (χ1v) is 16.4. The third kappa shape index (κ3) is 10.2. The Bertz CT molecular complexity index is 1670. The SMILES string of the molecule is C[C@@H]1C[C@H]2C[C@@H]2/C=C\C=C\C(=O)Cc2c(Cl)c(O)cc(O)c2C(=O)O1.C[C@H]1C/C=C/[C@@H](O)[C@@H](O)CC/C=C/c2cc(O)cc(O)c2C(=O)O1. The molecule has 0 radical (unpaired) electrons. The van der Waals surface area contributed by atoms with Crippen LogP contribution >= 0.6 is 11.6 Å². The predicted molar refractivity (Wildman–Crippen MR) is 182 cm³/mol. The second-order valence-corrected chi connectivity index (χ2v) is 12.8. The van der Waals surface area contributed by atoms with Crippen molar-refractivity contribution in [2.75, 3.05) is 0 Å². The van der Waals surface area contributed by atoms with Gasteiger partial charge >= 0.3 is 11.9 Å². The van der Waals surface area contributed by atoms with Crippen LogP contribution in [0.1, 0.15) is 77.8 Å². The fourth-order valence-corrected chi connectivity index (χ4v) is 5.85. The number of ether oxygens (including phenoxy) is 2. The molecule has 2 heterocycles. The molecule has 3 aliphatic rings. The van der Waals surface area contributed by atoms with Gasteiger partial charge in [-0.2, -0.15) is 0 Å². The summed E-state index contributed by atoms with van der Waals surface area (Å²) in [5.41, 5.74) is 0.206. The number of aromatic hydroxyl groups is 4. The molecule has 0 amide bonds. The number of carbonyl (C=O) groups is 3. The van der Waals surface area contributed by atoms with Gasteiger partial charge in [-0.15, -0.1) is 0 Å². The van der Waals surface area contributed by atoms with E-state index in [4.69, 9.17) is 21.1 Å². The quantitative estimate of drug-likeness (QED) is 0.147. The lowest BCUT2D eigenvalue weighted by molar-refractivity contribution is -0.114. The Morgan fingerprint density at radius 2 is 1.47 bits per heavy atom. The van der Waals surface area contributed by atoms with Crippen molar-refractivity contribution >= 4 is 35.4 Å². The van der Waals surface area contributed by atoms with E-state index in [2.05, 4.69) is 0 Å². The Hall–Kier alpha value is -4.58. The zero-order valence-electron chi connectivity index (χ0n) is 27.2. The Labute approximate surface area is 289 Å². The van der Waals surface area contributed by atoms with E-state index in [1.54, 1.807) is 38.2 Å². The van der Waals surface area contributed by atoms with Crippen molar-refractivity contribution < 1.29 is 54.5 Å². The van der Waals surface area contributed by atoms with Crippen LogP contribution in [0.3, 0.4) is 0 Å². The van der Waals surface area contributed by atoms with Crippen LogP contribution < -0.4 is 0 Å². The molecule has 0 bridgehead atoms. The van der Waals surface area contributed by atoms with Crippen LogP contribution in [0, 0.1) is 11.8 Å². The summed E-state index contributed by atoms with van der Waals surface area (Å²) in [5.74, 6) is -2.23.